The summed E-state index contributed by atoms with van der Waals surface area (Å²) in [7, 11) is -7.40. The lowest BCUT2D eigenvalue weighted by molar-refractivity contribution is 0.599. The molecule has 0 fully saturated rings. The Balaban J connectivity index is 2.57. The second-order valence-corrected chi connectivity index (χ2v) is 10.4. The zero-order chi connectivity index (χ0) is 19.0. The van der Waals surface area contributed by atoms with E-state index in [1.54, 1.807) is 51.1 Å². The van der Waals surface area contributed by atoms with E-state index >= 15 is 0 Å². The molecule has 2 aromatic carbocycles. The van der Waals surface area contributed by atoms with Crippen molar-refractivity contribution in [2.24, 2.45) is 0 Å². The topological polar surface area (TPSA) is 92.3 Å². The van der Waals surface area contributed by atoms with E-state index in [9.17, 15) is 16.8 Å². The lowest BCUT2D eigenvalue weighted by Gasteiger charge is -2.18. The summed E-state index contributed by atoms with van der Waals surface area (Å²) < 4.78 is 54.9. The van der Waals surface area contributed by atoms with Crippen molar-refractivity contribution < 1.29 is 16.8 Å². The number of hydrogen-bond donors (Lipinski definition) is 2. The standard InChI is InChI=1S/C16H19IN2O4S2/c1-10-9-11(2)16(12(3)15(10)19-24(4,20)21)25(22,23)18-14-7-5-13(17)6-8-14/h5-9,18-19H,1-4H3. The second-order valence-electron chi connectivity index (χ2n) is 5.83. The van der Waals surface area contributed by atoms with E-state index in [1.165, 1.54) is 0 Å². The molecule has 0 aliphatic carbocycles. The van der Waals surface area contributed by atoms with Crippen molar-refractivity contribution in [2.45, 2.75) is 25.7 Å². The first-order valence-corrected chi connectivity index (χ1v) is 11.7. The fourth-order valence-corrected chi connectivity index (χ4v) is 5.23. The third kappa shape index (κ3) is 4.85. The molecular formula is C16H19IN2O4S2. The number of sulfonamides is 2. The van der Waals surface area contributed by atoms with Gasteiger partial charge in [-0.15, -0.1) is 0 Å². The molecule has 2 N–H and O–H groups in total. The van der Waals surface area contributed by atoms with Gasteiger partial charge in [0.15, 0.2) is 0 Å². The fraction of sp³-hybridized carbons (Fsp3) is 0.250. The Kier molecular flexibility index (Phi) is 5.69. The SMILES string of the molecule is Cc1cc(C)c(S(=O)(=O)Nc2ccc(I)cc2)c(C)c1NS(C)(=O)=O. The molecular weight excluding hydrogens is 475 g/mol. The van der Waals surface area contributed by atoms with Crippen molar-refractivity contribution >= 4 is 54.0 Å². The van der Waals surface area contributed by atoms with Crippen LogP contribution in [0.4, 0.5) is 11.4 Å². The summed E-state index contributed by atoms with van der Waals surface area (Å²) in [5.74, 6) is 0. The van der Waals surface area contributed by atoms with Gasteiger partial charge in [-0.25, -0.2) is 16.8 Å². The summed E-state index contributed by atoms with van der Waals surface area (Å²) in [4.78, 5) is 0.0720. The highest BCUT2D eigenvalue weighted by atomic mass is 127. The Morgan fingerprint density at radius 3 is 1.96 bits per heavy atom. The normalized spacial score (nSPS) is 12.0. The molecule has 0 saturated carbocycles. The van der Waals surface area contributed by atoms with Crippen LogP contribution >= 0.6 is 22.6 Å². The molecule has 25 heavy (non-hydrogen) atoms. The van der Waals surface area contributed by atoms with Gasteiger partial charge in [0.25, 0.3) is 10.0 Å². The quantitative estimate of drug-likeness (QED) is 0.624. The molecule has 136 valence electrons. The third-order valence-corrected chi connectivity index (χ3v) is 6.52. The molecule has 2 aromatic rings. The molecule has 0 bridgehead atoms. The number of aryl methyl sites for hydroxylation is 2. The van der Waals surface area contributed by atoms with E-state index < -0.39 is 20.0 Å². The van der Waals surface area contributed by atoms with Gasteiger partial charge < -0.3 is 0 Å². The number of anilines is 2. The second kappa shape index (κ2) is 7.12. The highest BCUT2D eigenvalue weighted by molar-refractivity contribution is 14.1. The monoisotopic (exact) mass is 494 g/mol. The summed E-state index contributed by atoms with van der Waals surface area (Å²) >= 11 is 2.13. The van der Waals surface area contributed by atoms with Gasteiger partial charge in [-0.05, 0) is 84.3 Å². The largest absolute Gasteiger partial charge is 0.283 e. The predicted molar refractivity (Wildman–Crippen MR) is 109 cm³/mol. The molecule has 0 amide bonds. The molecule has 0 aliphatic rings. The van der Waals surface area contributed by atoms with Gasteiger partial charge in [0, 0.05) is 9.26 Å². The Labute approximate surface area is 162 Å². The van der Waals surface area contributed by atoms with Gasteiger partial charge in [-0.2, -0.15) is 0 Å². The highest BCUT2D eigenvalue weighted by Gasteiger charge is 2.24. The van der Waals surface area contributed by atoms with Gasteiger partial charge in [0.1, 0.15) is 0 Å². The summed E-state index contributed by atoms with van der Waals surface area (Å²) in [6.45, 7) is 5.01. The molecule has 0 atom stereocenters. The number of halogens is 1. The van der Waals surface area contributed by atoms with Crippen LogP contribution in [-0.2, 0) is 20.0 Å². The highest BCUT2D eigenvalue weighted by Crippen LogP contribution is 2.32. The van der Waals surface area contributed by atoms with Crippen molar-refractivity contribution in [3.63, 3.8) is 0 Å². The van der Waals surface area contributed by atoms with Crippen molar-refractivity contribution in [3.8, 4) is 0 Å². The number of hydrogen-bond acceptors (Lipinski definition) is 4. The molecule has 2 rings (SSSR count). The summed E-state index contributed by atoms with van der Waals surface area (Å²) in [6.07, 6.45) is 1.03. The van der Waals surface area contributed by atoms with Crippen LogP contribution in [-0.4, -0.2) is 23.1 Å². The molecule has 0 spiro atoms. The Hall–Kier alpha value is -1.33. The maximum Gasteiger partial charge on any atom is 0.262 e. The van der Waals surface area contributed by atoms with Gasteiger partial charge in [-0.3, -0.25) is 9.44 Å². The smallest absolute Gasteiger partial charge is 0.262 e. The number of nitrogens with one attached hydrogen (secondary N) is 2. The maximum absolute atomic E-state index is 12.9. The molecule has 0 heterocycles. The zero-order valence-electron chi connectivity index (χ0n) is 14.2. The van der Waals surface area contributed by atoms with E-state index in [-0.39, 0.29) is 10.6 Å². The maximum atomic E-state index is 12.9. The lowest BCUT2D eigenvalue weighted by Crippen LogP contribution is -2.19. The van der Waals surface area contributed by atoms with Gasteiger partial charge in [0.05, 0.1) is 16.8 Å². The first-order valence-electron chi connectivity index (χ1n) is 7.27. The van der Waals surface area contributed by atoms with Crippen LogP contribution in [0.25, 0.3) is 0 Å². The Morgan fingerprint density at radius 1 is 0.880 bits per heavy atom. The summed E-state index contributed by atoms with van der Waals surface area (Å²) in [6, 6.07) is 8.60. The van der Waals surface area contributed by atoms with Crippen LogP contribution < -0.4 is 9.44 Å². The fourth-order valence-electron chi connectivity index (χ4n) is 2.65. The third-order valence-electron chi connectivity index (χ3n) is 3.55. The minimum Gasteiger partial charge on any atom is -0.283 e. The minimum atomic E-state index is -3.87. The first-order chi connectivity index (χ1) is 11.4. The molecule has 0 unspecified atom stereocenters. The molecule has 0 saturated heterocycles. The van der Waals surface area contributed by atoms with Crippen LogP contribution in [0.5, 0.6) is 0 Å². The lowest BCUT2D eigenvalue weighted by atomic mass is 10.1. The van der Waals surface area contributed by atoms with Crippen LogP contribution in [0, 0.1) is 24.3 Å². The molecule has 9 heteroatoms. The van der Waals surface area contributed by atoms with E-state index in [0.717, 1.165) is 9.83 Å². The number of rotatable bonds is 5. The van der Waals surface area contributed by atoms with Crippen molar-refractivity contribution in [1.29, 1.82) is 0 Å². The predicted octanol–water partition coefficient (Wildman–Crippen LogP) is 3.39. The summed E-state index contributed by atoms with van der Waals surface area (Å²) in [5, 5.41) is 0. The Morgan fingerprint density at radius 2 is 1.44 bits per heavy atom. The van der Waals surface area contributed by atoms with Gasteiger partial charge in [0.2, 0.25) is 10.0 Å². The van der Waals surface area contributed by atoms with Crippen LogP contribution in [0.3, 0.4) is 0 Å². The van der Waals surface area contributed by atoms with Crippen LogP contribution in [0.1, 0.15) is 16.7 Å². The van der Waals surface area contributed by atoms with E-state index in [0.29, 0.717) is 22.4 Å². The van der Waals surface area contributed by atoms with E-state index in [4.69, 9.17) is 0 Å². The van der Waals surface area contributed by atoms with Gasteiger partial charge in [-0.1, -0.05) is 6.07 Å². The number of benzene rings is 2. The minimum absolute atomic E-state index is 0.0720. The Bertz CT molecular complexity index is 1020. The zero-order valence-corrected chi connectivity index (χ0v) is 18.0. The molecule has 6 nitrogen and oxygen atoms in total. The van der Waals surface area contributed by atoms with E-state index in [1.807, 2.05) is 0 Å². The first kappa shape index (κ1) is 20.0. The average molecular weight is 494 g/mol. The van der Waals surface area contributed by atoms with E-state index in [2.05, 4.69) is 32.0 Å². The summed E-state index contributed by atoms with van der Waals surface area (Å²) in [5.41, 5.74) is 2.30. The molecule has 0 radical (unpaired) electrons. The van der Waals surface area contributed by atoms with Crippen molar-refractivity contribution in [3.05, 3.63) is 50.6 Å². The average Bonchev–Trinajstić information content (AvgIpc) is 2.44. The van der Waals surface area contributed by atoms with Crippen molar-refractivity contribution in [1.82, 2.24) is 0 Å². The molecule has 0 aromatic heterocycles. The van der Waals surface area contributed by atoms with Crippen LogP contribution in [0.15, 0.2) is 35.2 Å². The van der Waals surface area contributed by atoms with Gasteiger partial charge >= 0.3 is 0 Å². The van der Waals surface area contributed by atoms with Crippen molar-refractivity contribution in [2.75, 3.05) is 15.7 Å². The van der Waals surface area contributed by atoms with Crippen LogP contribution in [0.2, 0.25) is 0 Å². The molecule has 0 aliphatic heterocycles.